The van der Waals surface area contributed by atoms with Crippen molar-refractivity contribution >= 4 is 40.7 Å². The molecule has 0 unspecified atom stereocenters. The van der Waals surface area contributed by atoms with Crippen LogP contribution in [0.3, 0.4) is 0 Å². The molecule has 0 aliphatic carbocycles. The van der Waals surface area contributed by atoms with Gasteiger partial charge in [-0.15, -0.1) is 0 Å². The van der Waals surface area contributed by atoms with Crippen molar-refractivity contribution in [2.24, 2.45) is 0 Å². The second-order valence-electron chi connectivity index (χ2n) is 4.67. The Hall–Kier alpha value is -2.31. The van der Waals surface area contributed by atoms with Gasteiger partial charge in [-0.05, 0) is 25.1 Å². The molecule has 8 heteroatoms. The fourth-order valence-corrected chi connectivity index (χ4v) is 2.46. The number of aromatic amines is 1. The minimum Gasteiger partial charge on any atom is -0.382 e. The molecule has 0 amide bonds. The number of rotatable bonds is 3. The first kappa shape index (κ1) is 14.6. The SMILES string of the molecule is Cc1cc(Nc2cnc(-c3ccc(Cl)cc3Cl)c(N)n2)n[nH]1. The molecular formula is C14H12Cl2N6. The molecule has 0 radical (unpaired) electrons. The van der Waals surface area contributed by atoms with Gasteiger partial charge in [0, 0.05) is 22.3 Å². The highest BCUT2D eigenvalue weighted by molar-refractivity contribution is 6.36. The van der Waals surface area contributed by atoms with Gasteiger partial charge < -0.3 is 11.1 Å². The van der Waals surface area contributed by atoms with Crippen LogP contribution in [-0.2, 0) is 0 Å². The largest absolute Gasteiger partial charge is 0.382 e. The van der Waals surface area contributed by atoms with E-state index in [9.17, 15) is 0 Å². The number of nitrogens with two attached hydrogens (primary N) is 1. The van der Waals surface area contributed by atoms with E-state index in [0.717, 1.165) is 5.69 Å². The summed E-state index contributed by atoms with van der Waals surface area (Å²) in [5, 5.41) is 10.9. The Morgan fingerprint density at radius 3 is 2.64 bits per heavy atom. The van der Waals surface area contributed by atoms with Crippen molar-refractivity contribution in [2.45, 2.75) is 6.92 Å². The Morgan fingerprint density at radius 2 is 2.00 bits per heavy atom. The Kier molecular flexibility index (Phi) is 3.87. The van der Waals surface area contributed by atoms with Crippen LogP contribution in [0.1, 0.15) is 5.69 Å². The third kappa shape index (κ3) is 2.98. The molecule has 4 N–H and O–H groups in total. The number of nitrogens with one attached hydrogen (secondary N) is 2. The van der Waals surface area contributed by atoms with Gasteiger partial charge in [-0.25, -0.2) is 9.97 Å². The van der Waals surface area contributed by atoms with Crippen LogP contribution >= 0.6 is 23.2 Å². The summed E-state index contributed by atoms with van der Waals surface area (Å²) in [5.41, 5.74) is 8.11. The monoisotopic (exact) mass is 334 g/mol. The lowest BCUT2D eigenvalue weighted by Crippen LogP contribution is -2.02. The number of nitrogen functional groups attached to an aromatic ring is 1. The van der Waals surface area contributed by atoms with Crippen LogP contribution in [0.25, 0.3) is 11.3 Å². The molecule has 6 nitrogen and oxygen atoms in total. The third-order valence-electron chi connectivity index (χ3n) is 2.95. The van der Waals surface area contributed by atoms with E-state index >= 15 is 0 Å². The molecule has 2 aromatic heterocycles. The molecule has 0 aliphatic heterocycles. The number of hydrogen-bond acceptors (Lipinski definition) is 5. The number of H-pyrrole nitrogens is 1. The minimum absolute atomic E-state index is 0.265. The summed E-state index contributed by atoms with van der Waals surface area (Å²) >= 11 is 12.1. The molecular weight excluding hydrogens is 323 g/mol. The van der Waals surface area contributed by atoms with Crippen molar-refractivity contribution in [1.29, 1.82) is 0 Å². The van der Waals surface area contributed by atoms with Crippen molar-refractivity contribution in [2.75, 3.05) is 11.1 Å². The Morgan fingerprint density at radius 1 is 1.18 bits per heavy atom. The lowest BCUT2D eigenvalue weighted by atomic mass is 10.1. The molecule has 1 aromatic carbocycles. The van der Waals surface area contributed by atoms with Gasteiger partial charge >= 0.3 is 0 Å². The van der Waals surface area contributed by atoms with Crippen molar-refractivity contribution in [3.63, 3.8) is 0 Å². The molecule has 112 valence electrons. The number of nitrogens with zero attached hydrogens (tertiary/aromatic N) is 3. The Balaban J connectivity index is 1.92. The molecule has 0 fully saturated rings. The average molecular weight is 335 g/mol. The van der Waals surface area contributed by atoms with Gasteiger partial charge in [0.05, 0.1) is 11.2 Å². The van der Waals surface area contributed by atoms with Crippen LogP contribution in [0, 0.1) is 6.92 Å². The zero-order valence-corrected chi connectivity index (χ0v) is 13.1. The van der Waals surface area contributed by atoms with E-state index in [-0.39, 0.29) is 5.82 Å². The number of halogens is 2. The number of anilines is 3. The van der Waals surface area contributed by atoms with Crippen molar-refractivity contribution in [3.8, 4) is 11.3 Å². The van der Waals surface area contributed by atoms with E-state index in [4.69, 9.17) is 28.9 Å². The molecule has 0 atom stereocenters. The number of benzene rings is 1. The van der Waals surface area contributed by atoms with Crippen LogP contribution in [0.4, 0.5) is 17.5 Å². The summed E-state index contributed by atoms with van der Waals surface area (Å²) in [6.07, 6.45) is 1.57. The van der Waals surface area contributed by atoms with E-state index in [2.05, 4.69) is 25.5 Å². The highest BCUT2D eigenvalue weighted by Gasteiger charge is 2.11. The summed E-state index contributed by atoms with van der Waals surface area (Å²) in [7, 11) is 0. The first-order valence-corrected chi connectivity index (χ1v) is 7.15. The summed E-state index contributed by atoms with van der Waals surface area (Å²) in [6, 6.07) is 6.97. The van der Waals surface area contributed by atoms with Crippen molar-refractivity contribution in [3.05, 3.63) is 46.2 Å². The average Bonchev–Trinajstić information content (AvgIpc) is 2.85. The van der Waals surface area contributed by atoms with Gasteiger partial charge in [0.25, 0.3) is 0 Å². The van der Waals surface area contributed by atoms with Crippen LogP contribution in [0.15, 0.2) is 30.5 Å². The molecule has 0 aliphatic rings. The predicted molar refractivity (Wildman–Crippen MR) is 88.5 cm³/mol. The summed E-state index contributed by atoms with van der Waals surface area (Å²) in [6.45, 7) is 1.91. The molecule has 3 aromatic rings. The normalized spacial score (nSPS) is 10.7. The van der Waals surface area contributed by atoms with Crippen LogP contribution in [0.2, 0.25) is 10.0 Å². The molecule has 0 saturated carbocycles. The fraction of sp³-hybridized carbons (Fsp3) is 0.0714. The maximum absolute atomic E-state index is 6.17. The summed E-state index contributed by atoms with van der Waals surface area (Å²) in [5.74, 6) is 1.41. The fourth-order valence-electron chi connectivity index (χ4n) is 1.97. The summed E-state index contributed by atoms with van der Waals surface area (Å²) < 4.78 is 0. The molecule has 0 saturated heterocycles. The topological polar surface area (TPSA) is 92.5 Å². The quantitative estimate of drug-likeness (QED) is 0.677. The molecule has 2 heterocycles. The molecule has 3 rings (SSSR count). The van der Waals surface area contributed by atoms with Crippen LogP contribution in [0.5, 0.6) is 0 Å². The van der Waals surface area contributed by atoms with E-state index in [1.165, 1.54) is 0 Å². The van der Waals surface area contributed by atoms with E-state index in [1.54, 1.807) is 24.4 Å². The third-order valence-corrected chi connectivity index (χ3v) is 3.50. The highest BCUT2D eigenvalue weighted by atomic mass is 35.5. The Labute approximate surface area is 136 Å². The second-order valence-corrected chi connectivity index (χ2v) is 5.52. The van der Waals surface area contributed by atoms with Crippen molar-refractivity contribution in [1.82, 2.24) is 20.2 Å². The predicted octanol–water partition coefficient (Wildman–Crippen LogP) is 3.81. The molecule has 0 bridgehead atoms. The standard InChI is InChI=1S/C14H12Cl2N6/c1-7-4-11(22-21-7)19-12-6-18-13(14(17)20-12)9-3-2-8(15)5-10(9)16/h2-6H,1H3,(H4,17,19,20,21,22). The van der Waals surface area contributed by atoms with Crippen LogP contribution < -0.4 is 11.1 Å². The van der Waals surface area contributed by atoms with E-state index in [0.29, 0.717) is 32.9 Å². The van der Waals surface area contributed by atoms with Gasteiger partial charge in [-0.3, -0.25) is 5.10 Å². The first-order chi connectivity index (χ1) is 10.5. The maximum Gasteiger partial charge on any atom is 0.153 e. The molecule has 22 heavy (non-hydrogen) atoms. The lowest BCUT2D eigenvalue weighted by molar-refractivity contribution is 1.05. The van der Waals surface area contributed by atoms with Gasteiger partial charge in [0.15, 0.2) is 17.5 Å². The smallest absolute Gasteiger partial charge is 0.153 e. The van der Waals surface area contributed by atoms with Gasteiger partial charge in [-0.2, -0.15) is 5.10 Å². The van der Waals surface area contributed by atoms with Gasteiger partial charge in [0.2, 0.25) is 0 Å². The number of aryl methyl sites for hydroxylation is 1. The summed E-state index contributed by atoms with van der Waals surface area (Å²) in [4.78, 5) is 8.60. The van der Waals surface area contributed by atoms with Gasteiger partial charge in [-0.1, -0.05) is 23.2 Å². The van der Waals surface area contributed by atoms with Crippen LogP contribution in [-0.4, -0.2) is 20.2 Å². The molecule has 0 spiro atoms. The first-order valence-electron chi connectivity index (χ1n) is 6.40. The second kappa shape index (κ2) is 5.82. The lowest BCUT2D eigenvalue weighted by Gasteiger charge is -2.08. The number of hydrogen-bond donors (Lipinski definition) is 3. The number of aromatic nitrogens is 4. The Bertz CT molecular complexity index is 830. The van der Waals surface area contributed by atoms with Crippen molar-refractivity contribution < 1.29 is 0 Å². The highest BCUT2D eigenvalue weighted by Crippen LogP contribution is 2.32. The minimum atomic E-state index is 0.265. The maximum atomic E-state index is 6.17. The van der Waals surface area contributed by atoms with Gasteiger partial charge in [0.1, 0.15) is 5.69 Å². The zero-order valence-electron chi connectivity index (χ0n) is 11.6. The van der Waals surface area contributed by atoms with E-state index in [1.807, 2.05) is 13.0 Å². The zero-order chi connectivity index (χ0) is 15.7. The van der Waals surface area contributed by atoms with E-state index < -0.39 is 0 Å².